The number of ether oxygens (including phenoxy) is 1. The van der Waals surface area contributed by atoms with Gasteiger partial charge in [-0.25, -0.2) is 9.59 Å². The van der Waals surface area contributed by atoms with Crippen LogP contribution in [0.25, 0.3) is 10.8 Å². The molecule has 0 saturated heterocycles. The number of rotatable bonds is 4. The van der Waals surface area contributed by atoms with E-state index in [-0.39, 0.29) is 5.56 Å². The van der Waals surface area contributed by atoms with Gasteiger partial charge in [-0.15, -0.1) is 0 Å². The highest BCUT2D eigenvalue weighted by Crippen LogP contribution is 2.24. The van der Waals surface area contributed by atoms with Crippen molar-refractivity contribution in [2.24, 2.45) is 0 Å². The molecule has 0 unspecified atom stereocenters. The van der Waals surface area contributed by atoms with Gasteiger partial charge in [-0.1, -0.05) is 12.1 Å². The van der Waals surface area contributed by atoms with Gasteiger partial charge in [0.2, 0.25) is 0 Å². The van der Waals surface area contributed by atoms with Gasteiger partial charge < -0.3 is 14.9 Å². The smallest absolute Gasteiger partial charge is 0.341 e. The minimum Gasteiger partial charge on any atom is -0.482 e. The average Bonchev–Trinajstić information content (AvgIpc) is 2.35. The fraction of sp³-hybridized carbons (Fsp3) is 0.0769. The van der Waals surface area contributed by atoms with Crippen molar-refractivity contribution in [3.63, 3.8) is 0 Å². The first kappa shape index (κ1) is 11.9. The second kappa shape index (κ2) is 4.75. The molecular formula is C13H10O5. The maximum atomic E-state index is 11.0. The van der Waals surface area contributed by atoms with E-state index >= 15 is 0 Å². The third-order valence-corrected chi connectivity index (χ3v) is 2.44. The number of carboxylic acids is 2. The molecule has 0 aliphatic carbocycles. The molecule has 0 atom stereocenters. The first-order valence-electron chi connectivity index (χ1n) is 5.18. The van der Waals surface area contributed by atoms with Crippen molar-refractivity contribution in [3.8, 4) is 5.75 Å². The molecule has 0 fully saturated rings. The monoisotopic (exact) mass is 246 g/mol. The largest absolute Gasteiger partial charge is 0.482 e. The summed E-state index contributed by atoms with van der Waals surface area (Å²) in [4.78, 5) is 21.4. The summed E-state index contributed by atoms with van der Waals surface area (Å²) >= 11 is 0. The normalized spacial score (nSPS) is 10.2. The number of fused-ring (bicyclic) bond motifs is 1. The average molecular weight is 246 g/mol. The van der Waals surface area contributed by atoms with Crippen molar-refractivity contribution in [1.82, 2.24) is 0 Å². The van der Waals surface area contributed by atoms with Crippen LogP contribution < -0.4 is 4.74 Å². The minimum absolute atomic E-state index is 0.206. The zero-order valence-electron chi connectivity index (χ0n) is 9.29. The Kier molecular flexibility index (Phi) is 3.14. The number of benzene rings is 2. The molecule has 2 aromatic rings. The molecule has 2 N–H and O–H groups in total. The van der Waals surface area contributed by atoms with Gasteiger partial charge >= 0.3 is 11.9 Å². The van der Waals surface area contributed by atoms with Crippen LogP contribution in [-0.2, 0) is 4.79 Å². The summed E-state index contributed by atoms with van der Waals surface area (Å²) in [5.41, 5.74) is 0.206. The second-order valence-electron chi connectivity index (χ2n) is 3.68. The Morgan fingerprint density at radius 3 is 2.56 bits per heavy atom. The van der Waals surface area contributed by atoms with Gasteiger partial charge in [0.05, 0.1) is 5.56 Å². The second-order valence-corrected chi connectivity index (χ2v) is 3.68. The summed E-state index contributed by atoms with van der Waals surface area (Å²) in [6.07, 6.45) is 0. The molecule has 18 heavy (non-hydrogen) atoms. The van der Waals surface area contributed by atoms with Crippen molar-refractivity contribution in [2.45, 2.75) is 0 Å². The van der Waals surface area contributed by atoms with E-state index < -0.39 is 18.5 Å². The standard InChI is InChI=1S/C13H10O5/c14-12(15)7-18-9-4-5-10-8(6-9)2-1-3-11(10)13(16)17/h1-6H,7H2,(H,14,15)(H,16,17). The SMILES string of the molecule is O=C(O)COc1ccc2c(C(=O)O)cccc2c1. The zero-order valence-corrected chi connectivity index (χ0v) is 9.29. The molecule has 0 radical (unpaired) electrons. The molecule has 0 heterocycles. The number of carboxylic acid groups (broad SMARTS) is 2. The fourth-order valence-corrected chi connectivity index (χ4v) is 1.68. The third kappa shape index (κ3) is 2.40. The Morgan fingerprint density at radius 1 is 1.11 bits per heavy atom. The van der Waals surface area contributed by atoms with E-state index in [0.29, 0.717) is 16.5 Å². The predicted molar refractivity (Wildman–Crippen MR) is 64.0 cm³/mol. The van der Waals surface area contributed by atoms with Crippen molar-refractivity contribution in [1.29, 1.82) is 0 Å². The predicted octanol–water partition coefficient (Wildman–Crippen LogP) is 2.00. The van der Waals surface area contributed by atoms with Gasteiger partial charge in [-0.05, 0) is 35.0 Å². The quantitative estimate of drug-likeness (QED) is 0.861. The van der Waals surface area contributed by atoms with E-state index in [0.717, 1.165) is 0 Å². The van der Waals surface area contributed by atoms with Crippen LogP contribution in [0, 0.1) is 0 Å². The lowest BCUT2D eigenvalue weighted by atomic mass is 10.0. The topological polar surface area (TPSA) is 83.8 Å². The van der Waals surface area contributed by atoms with E-state index in [1.165, 1.54) is 6.07 Å². The molecule has 0 aliphatic rings. The van der Waals surface area contributed by atoms with Crippen molar-refractivity contribution in [2.75, 3.05) is 6.61 Å². The minimum atomic E-state index is -1.06. The van der Waals surface area contributed by atoms with Crippen molar-refractivity contribution < 1.29 is 24.5 Å². The van der Waals surface area contributed by atoms with Crippen LogP contribution in [0.3, 0.4) is 0 Å². The van der Waals surface area contributed by atoms with Crippen molar-refractivity contribution >= 4 is 22.7 Å². The highest BCUT2D eigenvalue weighted by Gasteiger charge is 2.08. The molecular weight excluding hydrogens is 236 g/mol. The number of hydrogen-bond donors (Lipinski definition) is 2. The van der Waals surface area contributed by atoms with Gasteiger partial charge in [0.25, 0.3) is 0 Å². The summed E-state index contributed by atoms with van der Waals surface area (Å²) in [6, 6.07) is 9.67. The Hall–Kier alpha value is -2.56. The van der Waals surface area contributed by atoms with Gasteiger partial charge in [0, 0.05) is 0 Å². The highest BCUT2D eigenvalue weighted by molar-refractivity contribution is 6.03. The van der Waals surface area contributed by atoms with Gasteiger partial charge in [0.15, 0.2) is 6.61 Å². The Balaban J connectivity index is 2.41. The molecule has 0 spiro atoms. The number of hydrogen-bond acceptors (Lipinski definition) is 3. The fourth-order valence-electron chi connectivity index (χ4n) is 1.68. The molecule has 92 valence electrons. The summed E-state index contributed by atoms with van der Waals surface area (Å²) in [6.45, 7) is -0.426. The van der Waals surface area contributed by atoms with Crippen LogP contribution in [-0.4, -0.2) is 28.8 Å². The van der Waals surface area contributed by atoms with Crippen LogP contribution >= 0.6 is 0 Å². The first-order chi connectivity index (χ1) is 8.58. The molecule has 0 bridgehead atoms. The molecule has 0 aromatic heterocycles. The van der Waals surface area contributed by atoms with Gasteiger partial charge in [-0.3, -0.25) is 0 Å². The molecule has 2 rings (SSSR count). The van der Waals surface area contributed by atoms with Crippen LogP contribution in [0.1, 0.15) is 10.4 Å². The molecule has 0 amide bonds. The van der Waals surface area contributed by atoms with E-state index in [1.54, 1.807) is 30.3 Å². The van der Waals surface area contributed by atoms with Crippen LogP contribution in [0.15, 0.2) is 36.4 Å². The summed E-state index contributed by atoms with van der Waals surface area (Å²) in [7, 11) is 0. The Labute approximate surface area is 102 Å². The van der Waals surface area contributed by atoms with E-state index in [1.807, 2.05) is 0 Å². The third-order valence-electron chi connectivity index (χ3n) is 2.44. The van der Waals surface area contributed by atoms with Crippen LogP contribution in [0.4, 0.5) is 0 Å². The molecule has 2 aromatic carbocycles. The van der Waals surface area contributed by atoms with Gasteiger partial charge in [0.1, 0.15) is 5.75 Å². The van der Waals surface area contributed by atoms with Crippen molar-refractivity contribution in [3.05, 3.63) is 42.0 Å². The molecule has 0 aliphatic heterocycles. The number of aliphatic carboxylic acids is 1. The molecule has 5 heteroatoms. The lowest BCUT2D eigenvalue weighted by Gasteiger charge is -2.06. The lowest BCUT2D eigenvalue weighted by Crippen LogP contribution is -2.09. The lowest BCUT2D eigenvalue weighted by molar-refractivity contribution is -0.139. The van der Waals surface area contributed by atoms with E-state index in [4.69, 9.17) is 14.9 Å². The zero-order chi connectivity index (χ0) is 13.1. The van der Waals surface area contributed by atoms with E-state index in [9.17, 15) is 9.59 Å². The van der Waals surface area contributed by atoms with Crippen LogP contribution in [0.5, 0.6) is 5.75 Å². The maximum absolute atomic E-state index is 11.0. The summed E-state index contributed by atoms with van der Waals surface area (Å²) < 4.78 is 5.03. The number of carbonyl (C=O) groups is 2. The first-order valence-corrected chi connectivity index (χ1v) is 5.18. The maximum Gasteiger partial charge on any atom is 0.341 e. The Bertz CT molecular complexity index is 618. The summed E-state index contributed by atoms with van der Waals surface area (Å²) in [5.74, 6) is -1.67. The van der Waals surface area contributed by atoms with Crippen LogP contribution in [0.2, 0.25) is 0 Å². The van der Waals surface area contributed by atoms with E-state index in [2.05, 4.69) is 0 Å². The number of aromatic carboxylic acids is 1. The molecule has 0 saturated carbocycles. The highest BCUT2D eigenvalue weighted by atomic mass is 16.5. The Morgan fingerprint density at radius 2 is 1.89 bits per heavy atom. The van der Waals surface area contributed by atoms with Gasteiger partial charge in [-0.2, -0.15) is 0 Å². The molecule has 5 nitrogen and oxygen atoms in total. The summed E-state index contributed by atoms with van der Waals surface area (Å²) in [5, 5.41) is 18.8.